The van der Waals surface area contributed by atoms with Crippen LogP contribution in [0.2, 0.25) is 5.02 Å². The molecule has 25 heavy (non-hydrogen) atoms. The van der Waals surface area contributed by atoms with Crippen LogP contribution in [-0.4, -0.2) is 38.0 Å². The Kier molecular flexibility index (Phi) is 6.14. The van der Waals surface area contributed by atoms with Crippen LogP contribution in [-0.2, 0) is 17.9 Å². The van der Waals surface area contributed by atoms with Crippen LogP contribution < -0.4 is 0 Å². The lowest BCUT2D eigenvalue weighted by Crippen LogP contribution is -2.23. The lowest BCUT2D eigenvalue weighted by Gasteiger charge is -2.11. The number of hydrogen-bond donors (Lipinski definition) is 1. The summed E-state index contributed by atoms with van der Waals surface area (Å²) in [4.78, 5) is 1.36. The quantitative estimate of drug-likeness (QED) is 0.631. The maximum Gasteiger partial charge on any atom is 0.204 e. The molecular formula is C17H16BrClN4O2. The van der Waals surface area contributed by atoms with E-state index in [2.05, 4.69) is 31.3 Å². The largest absolute Gasteiger partial charge is 0.389 e. The molecule has 130 valence electrons. The van der Waals surface area contributed by atoms with Gasteiger partial charge in [-0.3, -0.25) is 0 Å². The SMILES string of the molecule is O[C@H](COCc1ccccc1Cl)Cn1nnc(-c2ccc(Br)cc2)n1. The van der Waals surface area contributed by atoms with Gasteiger partial charge in [-0.25, -0.2) is 0 Å². The predicted molar refractivity (Wildman–Crippen MR) is 98.1 cm³/mol. The van der Waals surface area contributed by atoms with E-state index < -0.39 is 6.10 Å². The molecule has 0 spiro atoms. The number of rotatable bonds is 7. The molecule has 8 heteroatoms. The van der Waals surface area contributed by atoms with Crippen molar-refractivity contribution in [2.45, 2.75) is 19.3 Å². The number of nitrogens with zero attached hydrogens (tertiary/aromatic N) is 4. The summed E-state index contributed by atoms with van der Waals surface area (Å²) in [5.41, 5.74) is 1.74. The van der Waals surface area contributed by atoms with Gasteiger partial charge in [-0.1, -0.05) is 45.7 Å². The standard InChI is InChI=1S/C17H16BrClN4O2/c18-14-7-5-12(6-8-14)17-20-22-23(21-17)9-15(24)11-25-10-13-3-1-2-4-16(13)19/h1-8,15,24H,9-11H2/t15-/m0/s1. The van der Waals surface area contributed by atoms with E-state index in [9.17, 15) is 5.11 Å². The van der Waals surface area contributed by atoms with Gasteiger partial charge in [0.05, 0.1) is 25.9 Å². The van der Waals surface area contributed by atoms with E-state index in [1.807, 2.05) is 42.5 Å². The van der Waals surface area contributed by atoms with Gasteiger partial charge in [0.2, 0.25) is 5.82 Å². The second kappa shape index (κ2) is 8.53. The zero-order valence-corrected chi connectivity index (χ0v) is 15.6. The lowest BCUT2D eigenvalue weighted by atomic mass is 10.2. The van der Waals surface area contributed by atoms with Gasteiger partial charge >= 0.3 is 0 Å². The third-order valence-electron chi connectivity index (χ3n) is 3.45. The van der Waals surface area contributed by atoms with Gasteiger partial charge in [0.25, 0.3) is 0 Å². The fourth-order valence-corrected chi connectivity index (χ4v) is 2.65. The van der Waals surface area contributed by atoms with E-state index >= 15 is 0 Å². The number of aromatic nitrogens is 4. The summed E-state index contributed by atoms with van der Waals surface area (Å²) < 4.78 is 6.49. The Bertz CT molecular complexity index is 826. The molecule has 0 bridgehead atoms. The second-order valence-electron chi connectivity index (χ2n) is 5.44. The zero-order valence-electron chi connectivity index (χ0n) is 13.2. The summed E-state index contributed by atoms with van der Waals surface area (Å²) in [6, 6.07) is 15.1. The minimum absolute atomic E-state index is 0.153. The summed E-state index contributed by atoms with van der Waals surface area (Å²) in [6.45, 7) is 0.693. The van der Waals surface area contributed by atoms with Crippen molar-refractivity contribution in [1.82, 2.24) is 20.2 Å². The molecule has 0 aliphatic carbocycles. The molecular weight excluding hydrogens is 408 g/mol. The Labute approximate surface area is 158 Å². The molecule has 2 aromatic carbocycles. The zero-order chi connectivity index (χ0) is 17.6. The van der Waals surface area contributed by atoms with Crippen molar-refractivity contribution in [1.29, 1.82) is 0 Å². The third kappa shape index (κ3) is 5.09. The van der Waals surface area contributed by atoms with Crippen LogP contribution >= 0.6 is 27.5 Å². The van der Waals surface area contributed by atoms with E-state index in [1.54, 1.807) is 6.07 Å². The van der Waals surface area contributed by atoms with Gasteiger partial charge in [0.1, 0.15) is 0 Å². The molecule has 0 unspecified atom stereocenters. The summed E-state index contributed by atoms with van der Waals surface area (Å²) >= 11 is 9.45. The number of benzene rings is 2. The Balaban J connectivity index is 1.50. The maximum absolute atomic E-state index is 10.1. The maximum atomic E-state index is 10.1. The van der Waals surface area contributed by atoms with Crippen LogP contribution in [0.1, 0.15) is 5.56 Å². The van der Waals surface area contributed by atoms with Crippen LogP contribution in [0.15, 0.2) is 53.0 Å². The molecule has 6 nitrogen and oxygen atoms in total. The molecule has 1 atom stereocenters. The van der Waals surface area contributed by atoms with Crippen molar-refractivity contribution >= 4 is 27.5 Å². The molecule has 0 amide bonds. The van der Waals surface area contributed by atoms with Crippen molar-refractivity contribution in [2.75, 3.05) is 6.61 Å². The third-order valence-corrected chi connectivity index (χ3v) is 4.35. The van der Waals surface area contributed by atoms with E-state index in [1.165, 1.54) is 4.80 Å². The molecule has 1 heterocycles. The molecule has 0 aliphatic heterocycles. The van der Waals surface area contributed by atoms with Crippen LogP contribution in [0, 0.1) is 0 Å². The molecule has 0 saturated heterocycles. The Morgan fingerprint density at radius 2 is 1.92 bits per heavy atom. The molecule has 1 N–H and O–H groups in total. The molecule has 0 saturated carbocycles. The number of hydrogen-bond acceptors (Lipinski definition) is 5. The molecule has 3 aromatic rings. The first-order valence-electron chi connectivity index (χ1n) is 7.65. The van der Waals surface area contributed by atoms with Crippen molar-refractivity contribution in [3.8, 4) is 11.4 Å². The van der Waals surface area contributed by atoms with Gasteiger partial charge in [-0.15, -0.1) is 10.2 Å². The number of halogens is 2. The van der Waals surface area contributed by atoms with Crippen molar-refractivity contribution in [2.24, 2.45) is 0 Å². The first-order chi connectivity index (χ1) is 12.1. The average Bonchev–Trinajstić information content (AvgIpc) is 3.05. The summed E-state index contributed by atoms with van der Waals surface area (Å²) in [5.74, 6) is 0.511. The topological polar surface area (TPSA) is 73.1 Å². The van der Waals surface area contributed by atoms with E-state index in [-0.39, 0.29) is 13.2 Å². The Hall–Kier alpha value is -1.80. The summed E-state index contributed by atoms with van der Waals surface area (Å²) in [7, 11) is 0. The molecule has 3 rings (SSSR count). The summed E-state index contributed by atoms with van der Waals surface area (Å²) in [6.07, 6.45) is -0.741. The lowest BCUT2D eigenvalue weighted by molar-refractivity contribution is 0.0165. The smallest absolute Gasteiger partial charge is 0.204 e. The predicted octanol–water partition coefficient (Wildman–Crippen LogP) is 3.33. The number of ether oxygens (including phenoxy) is 1. The highest BCUT2D eigenvalue weighted by Crippen LogP contribution is 2.18. The fraction of sp³-hybridized carbons (Fsp3) is 0.235. The van der Waals surface area contributed by atoms with Gasteiger partial charge < -0.3 is 9.84 Å². The molecule has 0 fully saturated rings. The van der Waals surface area contributed by atoms with Gasteiger partial charge in [-0.05, 0) is 41.1 Å². The molecule has 0 radical (unpaired) electrons. The van der Waals surface area contributed by atoms with Crippen LogP contribution in [0.5, 0.6) is 0 Å². The van der Waals surface area contributed by atoms with Gasteiger partial charge in [-0.2, -0.15) is 4.80 Å². The number of aliphatic hydroxyl groups excluding tert-OH is 1. The van der Waals surface area contributed by atoms with E-state index in [0.717, 1.165) is 15.6 Å². The van der Waals surface area contributed by atoms with Crippen molar-refractivity contribution in [3.63, 3.8) is 0 Å². The highest BCUT2D eigenvalue weighted by molar-refractivity contribution is 9.10. The van der Waals surface area contributed by atoms with Crippen LogP contribution in [0.4, 0.5) is 0 Å². The number of aliphatic hydroxyl groups is 1. The Morgan fingerprint density at radius 3 is 2.68 bits per heavy atom. The van der Waals surface area contributed by atoms with Crippen LogP contribution in [0.25, 0.3) is 11.4 Å². The normalized spacial score (nSPS) is 12.3. The van der Waals surface area contributed by atoms with Gasteiger partial charge in [0.15, 0.2) is 0 Å². The average molecular weight is 424 g/mol. The highest BCUT2D eigenvalue weighted by atomic mass is 79.9. The monoisotopic (exact) mass is 422 g/mol. The highest BCUT2D eigenvalue weighted by Gasteiger charge is 2.11. The Morgan fingerprint density at radius 1 is 1.16 bits per heavy atom. The first kappa shape index (κ1) is 18.0. The van der Waals surface area contributed by atoms with Gasteiger partial charge in [0, 0.05) is 15.1 Å². The molecule has 0 aliphatic rings. The number of tetrazole rings is 1. The van der Waals surface area contributed by atoms with E-state index in [0.29, 0.717) is 17.5 Å². The fourth-order valence-electron chi connectivity index (χ4n) is 2.20. The minimum Gasteiger partial charge on any atom is -0.389 e. The second-order valence-corrected chi connectivity index (χ2v) is 6.76. The van der Waals surface area contributed by atoms with E-state index in [4.69, 9.17) is 16.3 Å². The van der Waals surface area contributed by atoms with Crippen molar-refractivity contribution in [3.05, 3.63) is 63.6 Å². The first-order valence-corrected chi connectivity index (χ1v) is 8.82. The molecule has 1 aromatic heterocycles. The van der Waals surface area contributed by atoms with Crippen molar-refractivity contribution < 1.29 is 9.84 Å². The summed E-state index contributed by atoms with van der Waals surface area (Å²) in [5, 5.41) is 23.0. The van der Waals surface area contributed by atoms with Crippen LogP contribution in [0.3, 0.4) is 0 Å². The minimum atomic E-state index is -0.741.